The Kier molecular flexibility index (Phi) is 9.85. The van der Waals surface area contributed by atoms with E-state index in [1.807, 2.05) is 30.3 Å². The van der Waals surface area contributed by atoms with Crippen LogP contribution < -0.4 is 79.3 Å². The quantitative estimate of drug-likeness (QED) is 0.620. The van der Waals surface area contributed by atoms with Crippen molar-refractivity contribution in [3.05, 3.63) is 35.9 Å². The summed E-state index contributed by atoms with van der Waals surface area (Å²) in [6.07, 6.45) is -0.762. The summed E-state index contributed by atoms with van der Waals surface area (Å²) in [6.45, 7) is 3.46. The van der Waals surface area contributed by atoms with Crippen molar-refractivity contribution >= 4 is 12.1 Å². The van der Waals surface area contributed by atoms with Crippen LogP contribution in [0.2, 0.25) is 0 Å². The van der Waals surface area contributed by atoms with Crippen molar-refractivity contribution in [2.75, 3.05) is 0 Å². The molecule has 1 atom stereocenters. The number of carboxylic acid groups (broad SMARTS) is 1. The number of amides is 1. The number of carbonyl (C=O) groups is 2. The molecule has 0 radical (unpaired) electrons. The number of alkyl carbamates (subject to hydrolysis) is 1. The first-order valence-corrected chi connectivity index (χ1v) is 5.68. The van der Waals surface area contributed by atoms with Gasteiger partial charge in [0.25, 0.3) is 0 Å². The maximum absolute atomic E-state index is 11.4. The number of rotatable bonds is 5. The van der Waals surface area contributed by atoms with E-state index in [2.05, 4.69) is 5.32 Å². The van der Waals surface area contributed by atoms with Crippen LogP contribution in [-0.4, -0.2) is 18.1 Å². The Morgan fingerprint density at radius 2 is 1.84 bits per heavy atom. The van der Waals surface area contributed by atoms with Crippen molar-refractivity contribution in [1.29, 1.82) is 0 Å². The molecule has 0 aliphatic rings. The molecule has 0 aliphatic carbocycles. The first-order valence-electron chi connectivity index (χ1n) is 5.68. The maximum atomic E-state index is 11.4. The molecule has 0 heterocycles. The molecular formula is C13H16CsNO4. The van der Waals surface area contributed by atoms with Gasteiger partial charge in [0, 0.05) is 0 Å². The van der Waals surface area contributed by atoms with Gasteiger partial charge in [-0.3, -0.25) is 0 Å². The van der Waals surface area contributed by atoms with Crippen molar-refractivity contribution in [3.8, 4) is 0 Å². The van der Waals surface area contributed by atoms with Crippen LogP contribution in [0.1, 0.15) is 19.4 Å². The first-order chi connectivity index (χ1) is 8.50. The second kappa shape index (κ2) is 9.84. The normalized spacial score (nSPS) is 11.3. The second-order valence-electron chi connectivity index (χ2n) is 4.25. The molecule has 0 fully saturated rings. The minimum atomic E-state index is -1.32. The first kappa shape index (κ1) is 19.0. The summed E-state index contributed by atoms with van der Waals surface area (Å²) in [6, 6.07) is 8.09. The summed E-state index contributed by atoms with van der Waals surface area (Å²) in [5.41, 5.74) is 0.835. The van der Waals surface area contributed by atoms with E-state index in [0.29, 0.717) is 0 Å². The minimum Gasteiger partial charge on any atom is -0.548 e. The predicted molar refractivity (Wildman–Crippen MR) is 63.4 cm³/mol. The Hall–Kier alpha value is 0.0119. The van der Waals surface area contributed by atoms with E-state index in [-0.39, 0.29) is 81.4 Å². The topological polar surface area (TPSA) is 78.5 Å². The number of hydrogen-bond donors (Lipinski definition) is 1. The summed E-state index contributed by atoms with van der Waals surface area (Å²) in [4.78, 5) is 22.2. The monoisotopic (exact) mass is 383 g/mol. The van der Waals surface area contributed by atoms with Gasteiger partial charge in [-0.1, -0.05) is 44.2 Å². The predicted octanol–water partition coefficient (Wildman–Crippen LogP) is -2.31. The zero-order valence-electron chi connectivity index (χ0n) is 11.4. The van der Waals surface area contributed by atoms with E-state index in [1.54, 1.807) is 13.8 Å². The largest absolute Gasteiger partial charge is 1.00 e. The molecular weight excluding hydrogens is 367 g/mol. The Morgan fingerprint density at radius 3 is 2.32 bits per heavy atom. The third kappa shape index (κ3) is 7.38. The van der Waals surface area contributed by atoms with Gasteiger partial charge in [-0.05, 0) is 11.5 Å². The van der Waals surface area contributed by atoms with Crippen LogP contribution in [0.25, 0.3) is 0 Å². The van der Waals surface area contributed by atoms with E-state index >= 15 is 0 Å². The molecule has 6 heteroatoms. The fourth-order valence-electron chi connectivity index (χ4n) is 1.39. The summed E-state index contributed by atoms with van der Waals surface area (Å²) < 4.78 is 4.92. The second-order valence-corrected chi connectivity index (χ2v) is 4.25. The SMILES string of the molecule is CC(C)[C@H](NC(=O)OCc1ccccc1)C(=O)[O-].[Cs+]. The van der Waals surface area contributed by atoms with Gasteiger partial charge in [0.1, 0.15) is 6.61 Å². The molecule has 1 aromatic carbocycles. The molecule has 1 aromatic rings. The summed E-state index contributed by atoms with van der Waals surface area (Å²) in [7, 11) is 0. The van der Waals surface area contributed by atoms with Gasteiger partial charge in [0.15, 0.2) is 0 Å². The van der Waals surface area contributed by atoms with Gasteiger partial charge in [0.2, 0.25) is 0 Å². The van der Waals surface area contributed by atoms with Crippen LogP contribution in [0.5, 0.6) is 0 Å². The molecule has 1 N–H and O–H groups in total. The van der Waals surface area contributed by atoms with Crippen molar-refractivity contribution < 1.29 is 88.3 Å². The zero-order chi connectivity index (χ0) is 13.5. The van der Waals surface area contributed by atoms with Crippen molar-refractivity contribution in [2.24, 2.45) is 5.92 Å². The number of aliphatic carboxylic acids is 1. The van der Waals surface area contributed by atoms with Gasteiger partial charge in [-0.2, -0.15) is 0 Å². The summed E-state index contributed by atoms with van der Waals surface area (Å²) >= 11 is 0. The zero-order valence-corrected chi connectivity index (χ0v) is 17.7. The van der Waals surface area contributed by atoms with E-state index in [9.17, 15) is 14.7 Å². The van der Waals surface area contributed by atoms with Gasteiger partial charge in [0.05, 0.1) is 12.0 Å². The third-order valence-electron chi connectivity index (χ3n) is 2.41. The van der Waals surface area contributed by atoms with Crippen LogP contribution >= 0.6 is 0 Å². The van der Waals surface area contributed by atoms with Crippen molar-refractivity contribution in [3.63, 3.8) is 0 Å². The number of carbonyl (C=O) groups excluding carboxylic acids is 2. The summed E-state index contributed by atoms with van der Waals surface area (Å²) in [5.74, 6) is -1.58. The number of hydrogen-bond acceptors (Lipinski definition) is 4. The molecule has 1 rings (SSSR count). The molecule has 98 valence electrons. The van der Waals surface area contributed by atoms with Gasteiger partial charge in [-0.25, -0.2) is 4.79 Å². The van der Waals surface area contributed by atoms with E-state index in [4.69, 9.17) is 4.74 Å². The van der Waals surface area contributed by atoms with Gasteiger partial charge >= 0.3 is 75.0 Å². The molecule has 19 heavy (non-hydrogen) atoms. The van der Waals surface area contributed by atoms with Crippen LogP contribution in [0.4, 0.5) is 4.79 Å². The molecule has 0 saturated carbocycles. The Balaban J connectivity index is 0.00000324. The van der Waals surface area contributed by atoms with E-state index < -0.39 is 18.1 Å². The molecule has 0 aromatic heterocycles. The maximum Gasteiger partial charge on any atom is 1.00 e. The fraction of sp³-hybridized carbons (Fsp3) is 0.385. The molecule has 0 spiro atoms. The smallest absolute Gasteiger partial charge is 0.548 e. The van der Waals surface area contributed by atoms with Gasteiger partial charge < -0.3 is 20.0 Å². The summed E-state index contributed by atoms with van der Waals surface area (Å²) in [5, 5.41) is 13.0. The van der Waals surface area contributed by atoms with Crippen molar-refractivity contribution in [1.82, 2.24) is 5.32 Å². The van der Waals surface area contributed by atoms with E-state index in [1.165, 1.54) is 0 Å². The Labute approximate surface area is 171 Å². The van der Waals surface area contributed by atoms with Crippen LogP contribution in [0.15, 0.2) is 30.3 Å². The number of benzene rings is 1. The molecule has 0 unspecified atom stereocenters. The van der Waals surface area contributed by atoms with Crippen LogP contribution in [-0.2, 0) is 16.1 Å². The molecule has 1 amide bonds. The minimum absolute atomic E-state index is 0. The number of nitrogens with one attached hydrogen (secondary N) is 1. The molecule has 0 aliphatic heterocycles. The average molecular weight is 383 g/mol. The molecule has 5 nitrogen and oxygen atoms in total. The molecule has 0 bridgehead atoms. The van der Waals surface area contributed by atoms with Crippen LogP contribution in [0, 0.1) is 5.92 Å². The van der Waals surface area contributed by atoms with Crippen molar-refractivity contribution in [2.45, 2.75) is 26.5 Å². The fourth-order valence-corrected chi connectivity index (χ4v) is 1.39. The standard InChI is InChI=1S/C13H17NO4.Cs/c1-9(2)11(12(15)16)14-13(17)18-8-10-6-4-3-5-7-10;/h3-7,9,11H,8H2,1-2H3,(H,14,17)(H,15,16);/q;+1/p-1/t11-;/m0./s1. The molecule has 0 saturated heterocycles. The Bertz CT molecular complexity index is 408. The van der Waals surface area contributed by atoms with E-state index in [0.717, 1.165) is 5.56 Å². The third-order valence-corrected chi connectivity index (χ3v) is 2.41. The number of ether oxygens (including phenoxy) is 1. The number of carboxylic acids is 1. The van der Waals surface area contributed by atoms with Crippen LogP contribution in [0.3, 0.4) is 0 Å². The Morgan fingerprint density at radius 1 is 1.26 bits per heavy atom. The average Bonchev–Trinajstić information content (AvgIpc) is 2.34. The van der Waals surface area contributed by atoms with Gasteiger partial charge in [-0.15, -0.1) is 0 Å².